The molecule has 8 heteroatoms. The second kappa shape index (κ2) is 6.46. The van der Waals surface area contributed by atoms with Crippen molar-refractivity contribution in [3.63, 3.8) is 0 Å². The summed E-state index contributed by atoms with van der Waals surface area (Å²) in [6.45, 7) is 2.62. The molecule has 1 unspecified atom stereocenters. The van der Waals surface area contributed by atoms with E-state index in [0.717, 1.165) is 19.3 Å². The number of anilines is 2. The van der Waals surface area contributed by atoms with Crippen LogP contribution in [0.1, 0.15) is 32.0 Å². The topological polar surface area (TPSA) is 70.1 Å². The first kappa shape index (κ1) is 15.8. The zero-order valence-corrected chi connectivity index (χ0v) is 11.7. The minimum Gasteiger partial charge on any atom is -0.391 e. The number of aromatic nitrogens is 2. The van der Waals surface area contributed by atoms with Gasteiger partial charge >= 0.3 is 6.18 Å². The molecule has 1 aliphatic carbocycles. The summed E-state index contributed by atoms with van der Waals surface area (Å²) in [5, 5.41) is 15.3. The number of nitrogens with one attached hydrogen (secondary N) is 2. The monoisotopic (exact) mass is 304 g/mol. The molecule has 0 aromatic carbocycles. The number of hydrogen-bond acceptors (Lipinski definition) is 5. The van der Waals surface area contributed by atoms with Crippen LogP contribution in [-0.4, -0.2) is 34.3 Å². The van der Waals surface area contributed by atoms with Crippen molar-refractivity contribution in [2.45, 2.75) is 38.5 Å². The smallest absolute Gasteiger partial charge is 0.391 e. The Bertz CT molecular complexity index is 477. The highest BCUT2D eigenvalue weighted by Crippen LogP contribution is 2.33. The van der Waals surface area contributed by atoms with Crippen molar-refractivity contribution in [1.29, 1.82) is 0 Å². The molecule has 0 spiro atoms. The highest BCUT2D eigenvalue weighted by Gasteiger charge is 2.35. The summed E-state index contributed by atoms with van der Waals surface area (Å²) in [6.07, 6.45) is -2.46. The number of aliphatic hydroxyl groups excluding tert-OH is 1. The Labute approximate surface area is 121 Å². The summed E-state index contributed by atoms with van der Waals surface area (Å²) < 4.78 is 38.3. The quantitative estimate of drug-likeness (QED) is 0.722. The Balaban J connectivity index is 2.09. The van der Waals surface area contributed by atoms with Gasteiger partial charge in [0.05, 0.1) is 6.10 Å². The predicted molar refractivity (Wildman–Crippen MR) is 73.0 cm³/mol. The van der Waals surface area contributed by atoms with Gasteiger partial charge in [-0.05, 0) is 25.2 Å². The summed E-state index contributed by atoms with van der Waals surface area (Å²) in [4.78, 5) is 6.93. The summed E-state index contributed by atoms with van der Waals surface area (Å²) in [5.74, 6) is -0.746. The van der Waals surface area contributed by atoms with Crippen LogP contribution in [0.25, 0.3) is 0 Å². The van der Waals surface area contributed by atoms with Gasteiger partial charge in [0.25, 0.3) is 0 Å². The van der Waals surface area contributed by atoms with E-state index in [-0.39, 0.29) is 24.1 Å². The van der Waals surface area contributed by atoms with Gasteiger partial charge in [0, 0.05) is 19.2 Å². The zero-order chi connectivity index (χ0) is 15.5. The molecule has 21 heavy (non-hydrogen) atoms. The van der Waals surface area contributed by atoms with Crippen molar-refractivity contribution < 1.29 is 18.3 Å². The van der Waals surface area contributed by atoms with Crippen LogP contribution in [-0.2, 0) is 6.18 Å². The average molecular weight is 304 g/mol. The van der Waals surface area contributed by atoms with E-state index in [0.29, 0.717) is 6.54 Å². The number of aliphatic hydroxyl groups is 1. The highest BCUT2D eigenvalue weighted by atomic mass is 19.4. The van der Waals surface area contributed by atoms with Crippen LogP contribution in [0.3, 0.4) is 0 Å². The first-order valence-corrected chi connectivity index (χ1v) is 7.02. The largest absolute Gasteiger partial charge is 0.451 e. The van der Waals surface area contributed by atoms with Gasteiger partial charge in [-0.3, -0.25) is 0 Å². The normalized spacial score (nSPS) is 16.6. The standard InChI is InChI=1S/C13H19F3N4O/c1-2-5-17-10-6-11(18-7-9(21)8-3-4-8)20-12(19-10)13(14,15)16/h6,8-9,21H,2-5,7H2,1H3,(H2,17,18,19,20). The Kier molecular flexibility index (Phi) is 4.87. The molecule has 0 aliphatic heterocycles. The summed E-state index contributed by atoms with van der Waals surface area (Å²) in [5.41, 5.74) is 0. The third-order valence-corrected chi connectivity index (χ3v) is 3.19. The van der Waals surface area contributed by atoms with Crippen molar-refractivity contribution in [3.05, 3.63) is 11.9 Å². The second-order valence-electron chi connectivity index (χ2n) is 5.17. The minimum atomic E-state index is -4.60. The van der Waals surface area contributed by atoms with E-state index in [4.69, 9.17) is 0 Å². The van der Waals surface area contributed by atoms with Gasteiger partial charge in [0.1, 0.15) is 11.6 Å². The SMILES string of the molecule is CCCNc1cc(NCC(O)C2CC2)nc(C(F)(F)F)n1. The third kappa shape index (κ3) is 4.73. The minimum absolute atomic E-state index is 0.0654. The van der Waals surface area contributed by atoms with Gasteiger partial charge < -0.3 is 15.7 Å². The molecule has 2 rings (SSSR count). The van der Waals surface area contributed by atoms with Gasteiger partial charge in [-0.1, -0.05) is 6.92 Å². The molecule has 0 amide bonds. The van der Waals surface area contributed by atoms with Gasteiger partial charge in [0.2, 0.25) is 5.82 Å². The van der Waals surface area contributed by atoms with Crippen LogP contribution >= 0.6 is 0 Å². The van der Waals surface area contributed by atoms with E-state index < -0.39 is 18.1 Å². The zero-order valence-electron chi connectivity index (χ0n) is 11.7. The lowest BCUT2D eigenvalue weighted by Crippen LogP contribution is -2.23. The molecule has 1 aromatic heterocycles. The van der Waals surface area contributed by atoms with Crippen molar-refractivity contribution in [1.82, 2.24) is 9.97 Å². The van der Waals surface area contributed by atoms with Crippen molar-refractivity contribution in [2.75, 3.05) is 23.7 Å². The van der Waals surface area contributed by atoms with E-state index in [9.17, 15) is 18.3 Å². The van der Waals surface area contributed by atoms with Crippen LogP contribution in [0.2, 0.25) is 0 Å². The maximum atomic E-state index is 12.8. The molecule has 118 valence electrons. The molecule has 0 saturated heterocycles. The summed E-state index contributed by atoms with van der Waals surface area (Å²) in [7, 11) is 0. The van der Waals surface area contributed by atoms with E-state index >= 15 is 0 Å². The van der Waals surface area contributed by atoms with Crippen LogP contribution < -0.4 is 10.6 Å². The molecule has 1 atom stereocenters. The molecular formula is C13H19F3N4O. The van der Waals surface area contributed by atoms with Crippen LogP contribution in [0.5, 0.6) is 0 Å². The van der Waals surface area contributed by atoms with Crippen molar-refractivity contribution >= 4 is 11.6 Å². The number of halogens is 3. The lowest BCUT2D eigenvalue weighted by Gasteiger charge is -2.14. The Hall–Kier alpha value is -1.57. The van der Waals surface area contributed by atoms with Crippen LogP contribution in [0.4, 0.5) is 24.8 Å². The second-order valence-corrected chi connectivity index (χ2v) is 5.17. The lowest BCUT2D eigenvalue weighted by molar-refractivity contribution is -0.144. The summed E-state index contributed by atoms with van der Waals surface area (Å²) in [6, 6.07) is 1.42. The Morgan fingerprint density at radius 2 is 1.90 bits per heavy atom. The van der Waals surface area contributed by atoms with E-state index in [1.165, 1.54) is 6.07 Å². The average Bonchev–Trinajstić information content (AvgIpc) is 3.26. The number of rotatable bonds is 7. The number of nitrogens with zero attached hydrogens (tertiary/aromatic N) is 2. The molecule has 5 nitrogen and oxygen atoms in total. The maximum absolute atomic E-state index is 12.8. The van der Waals surface area contributed by atoms with Gasteiger partial charge in [-0.2, -0.15) is 13.2 Å². The predicted octanol–water partition coefficient (Wildman–Crippen LogP) is 2.50. The van der Waals surface area contributed by atoms with E-state index in [1.807, 2.05) is 6.92 Å². The van der Waals surface area contributed by atoms with Crippen LogP contribution in [0, 0.1) is 5.92 Å². The molecule has 1 fully saturated rings. The number of hydrogen-bond donors (Lipinski definition) is 3. The Morgan fingerprint density at radius 3 is 2.43 bits per heavy atom. The number of alkyl halides is 3. The van der Waals surface area contributed by atoms with Gasteiger partial charge in [-0.15, -0.1) is 0 Å². The van der Waals surface area contributed by atoms with Gasteiger partial charge in [0.15, 0.2) is 0 Å². The van der Waals surface area contributed by atoms with Crippen molar-refractivity contribution in [2.24, 2.45) is 5.92 Å². The van der Waals surface area contributed by atoms with Crippen LogP contribution in [0.15, 0.2) is 6.07 Å². The fraction of sp³-hybridized carbons (Fsp3) is 0.692. The molecule has 1 heterocycles. The molecule has 1 saturated carbocycles. The third-order valence-electron chi connectivity index (χ3n) is 3.19. The molecule has 0 bridgehead atoms. The maximum Gasteiger partial charge on any atom is 0.451 e. The molecule has 1 aromatic rings. The van der Waals surface area contributed by atoms with Crippen molar-refractivity contribution in [3.8, 4) is 0 Å². The molecule has 0 radical (unpaired) electrons. The lowest BCUT2D eigenvalue weighted by atomic mass is 10.2. The first-order chi connectivity index (χ1) is 9.90. The van der Waals surface area contributed by atoms with E-state index in [2.05, 4.69) is 20.6 Å². The van der Waals surface area contributed by atoms with E-state index in [1.54, 1.807) is 0 Å². The Morgan fingerprint density at radius 1 is 1.29 bits per heavy atom. The van der Waals surface area contributed by atoms with Gasteiger partial charge in [-0.25, -0.2) is 9.97 Å². The molecule has 3 N–H and O–H groups in total. The molecule has 1 aliphatic rings. The summed E-state index contributed by atoms with van der Waals surface area (Å²) >= 11 is 0. The fourth-order valence-corrected chi connectivity index (χ4v) is 1.87. The fourth-order valence-electron chi connectivity index (χ4n) is 1.87. The highest BCUT2D eigenvalue weighted by molar-refractivity contribution is 5.48. The molecular weight excluding hydrogens is 285 g/mol. The first-order valence-electron chi connectivity index (χ1n) is 7.02.